The van der Waals surface area contributed by atoms with E-state index < -0.39 is 29.4 Å². The van der Waals surface area contributed by atoms with Crippen molar-refractivity contribution in [1.29, 1.82) is 0 Å². The van der Waals surface area contributed by atoms with Crippen LogP contribution in [0.25, 0.3) is 0 Å². The highest BCUT2D eigenvalue weighted by Crippen LogP contribution is 2.29. The summed E-state index contributed by atoms with van der Waals surface area (Å²) >= 11 is 4.09. The molecule has 1 rings (SSSR count). The minimum absolute atomic E-state index is 0.00203. The number of nitrogens with one attached hydrogen (secondary N) is 1. The molecule has 0 saturated carbocycles. The topological polar surface area (TPSA) is 111 Å². The fourth-order valence-electron chi connectivity index (χ4n) is 2.31. The smallest absolute Gasteiger partial charge is 0.330 e. The van der Waals surface area contributed by atoms with Gasteiger partial charge in [-0.05, 0) is 25.8 Å². The molecule has 0 aromatic carbocycles. The van der Waals surface area contributed by atoms with Crippen molar-refractivity contribution in [3.8, 4) is 0 Å². The molecule has 0 aliphatic carbocycles. The number of nitroso groups, excluding NO2 is 1. The summed E-state index contributed by atoms with van der Waals surface area (Å²) in [4.78, 5) is 35.0. The van der Waals surface area contributed by atoms with Gasteiger partial charge in [-0.1, -0.05) is 12.1 Å². The van der Waals surface area contributed by atoms with Gasteiger partial charge in [0.1, 0.15) is 17.5 Å². The fourth-order valence-corrected chi connectivity index (χ4v) is 2.77. The van der Waals surface area contributed by atoms with Gasteiger partial charge < -0.3 is 15.8 Å². The summed E-state index contributed by atoms with van der Waals surface area (Å²) in [5.41, 5.74) is 4.27. The number of thiol groups is 1. The summed E-state index contributed by atoms with van der Waals surface area (Å²) in [5, 5.41) is 5.88. The monoisotopic (exact) mass is 303 g/mol. The third-order valence-electron chi connectivity index (χ3n) is 3.74. The predicted molar refractivity (Wildman–Crippen MR) is 77.3 cm³/mol. The Morgan fingerprint density at radius 2 is 2.30 bits per heavy atom. The van der Waals surface area contributed by atoms with E-state index in [-0.39, 0.29) is 12.3 Å². The number of nitrogens with zero attached hydrogens (tertiary/aromatic N) is 1. The second kappa shape index (κ2) is 7.70. The van der Waals surface area contributed by atoms with Crippen molar-refractivity contribution in [2.75, 3.05) is 18.8 Å². The number of rotatable bonds is 7. The Bertz CT molecular complexity index is 368. The Morgan fingerprint density at radius 3 is 2.70 bits per heavy atom. The van der Waals surface area contributed by atoms with Gasteiger partial charge in [-0.25, -0.2) is 4.79 Å². The van der Waals surface area contributed by atoms with Gasteiger partial charge in [0.2, 0.25) is 0 Å². The fraction of sp³-hybridized carbons (Fsp3) is 0.833. The zero-order chi connectivity index (χ0) is 15.2. The van der Waals surface area contributed by atoms with Crippen LogP contribution in [0.5, 0.6) is 0 Å². The van der Waals surface area contributed by atoms with Crippen LogP contribution in [-0.2, 0) is 14.3 Å². The molecule has 1 heterocycles. The molecule has 1 aliphatic heterocycles. The molecule has 0 bridgehead atoms. The highest BCUT2D eigenvalue weighted by atomic mass is 32.1. The van der Waals surface area contributed by atoms with E-state index in [9.17, 15) is 14.5 Å². The van der Waals surface area contributed by atoms with E-state index in [0.29, 0.717) is 12.8 Å². The molecule has 114 valence electrons. The molecule has 8 heteroatoms. The summed E-state index contributed by atoms with van der Waals surface area (Å²) < 4.78 is 4.90. The number of hydrogen-bond donors (Lipinski definition) is 3. The Labute approximate surface area is 123 Å². The summed E-state index contributed by atoms with van der Waals surface area (Å²) in [7, 11) is 0. The van der Waals surface area contributed by atoms with E-state index in [1.165, 1.54) is 0 Å². The third kappa shape index (κ3) is 3.36. The minimum Gasteiger partial charge on any atom is -0.391 e. The summed E-state index contributed by atoms with van der Waals surface area (Å²) in [6, 6.07) is -1.33. The van der Waals surface area contributed by atoms with Crippen LogP contribution in [0.1, 0.15) is 26.2 Å². The Kier molecular flexibility index (Phi) is 6.57. The summed E-state index contributed by atoms with van der Waals surface area (Å²) in [6.07, 6.45) is 1.81. The van der Waals surface area contributed by atoms with Gasteiger partial charge in [0.15, 0.2) is 0 Å². The van der Waals surface area contributed by atoms with Gasteiger partial charge in [0, 0.05) is 12.3 Å². The maximum atomic E-state index is 12.3. The largest absolute Gasteiger partial charge is 0.391 e. The Hall–Kier alpha value is -0.990. The number of hydrogen-bond acceptors (Lipinski definition) is 8. The van der Waals surface area contributed by atoms with Crippen molar-refractivity contribution in [3.05, 3.63) is 4.91 Å². The quantitative estimate of drug-likeness (QED) is 0.269. The molecule has 7 nitrogen and oxygen atoms in total. The first-order valence-corrected chi connectivity index (χ1v) is 7.31. The van der Waals surface area contributed by atoms with E-state index in [4.69, 9.17) is 10.5 Å². The van der Waals surface area contributed by atoms with Crippen LogP contribution < -0.4 is 11.1 Å². The van der Waals surface area contributed by atoms with Crippen molar-refractivity contribution in [1.82, 2.24) is 5.32 Å². The SMILES string of the molecule is CCC(N=O)C(CN)(CS)C(=O)OC(=O)[C@@H]1CCCN1. The number of carbonyl (C=O) groups is 2. The van der Waals surface area contributed by atoms with Gasteiger partial charge in [-0.2, -0.15) is 17.5 Å². The molecule has 1 fully saturated rings. The second-order valence-corrected chi connectivity index (χ2v) is 5.22. The van der Waals surface area contributed by atoms with E-state index in [1.54, 1.807) is 6.92 Å². The zero-order valence-electron chi connectivity index (χ0n) is 11.5. The molecule has 0 aromatic heterocycles. The highest BCUT2D eigenvalue weighted by Gasteiger charge is 2.47. The van der Waals surface area contributed by atoms with Crippen LogP contribution in [0.4, 0.5) is 0 Å². The number of esters is 2. The lowest BCUT2D eigenvalue weighted by Gasteiger charge is -2.31. The molecule has 1 aliphatic rings. The van der Waals surface area contributed by atoms with E-state index in [0.717, 1.165) is 13.0 Å². The van der Waals surface area contributed by atoms with Crippen molar-refractivity contribution in [2.45, 2.75) is 38.3 Å². The molecule has 1 saturated heterocycles. The molecule has 20 heavy (non-hydrogen) atoms. The average Bonchev–Trinajstić information content (AvgIpc) is 2.98. The van der Waals surface area contributed by atoms with Crippen molar-refractivity contribution in [2.24, 2.45) is 16.3 Å². The number of carbonyl (C=O) groups excluding carboxylic acids is 2. The van der Waals surface area contributed by atoms with Crippen LogP contribution >= 0.6 is 12.6 Å². The first-order valence-electron chi connectivity index (χ1n) is 6.68. The summed E-state index contributed by atoms with van der Waals surface area (Å²) in [6.45, 7) is 2.29. The van der Waals surface area contributed by atoms with Gasteiger partial charge >= 0.3 is 11.9 Å². The maximum Gasteiger partial charge on any atom is 0.330 e. The lowest BCUT2D eigenvalue weighted by Crippen LogP contribution is -2.51. The molecule has 3 N–H and O–H groups in total. The Morgan fingerprint density at radius 1 is 1.60 bits per heavy atom. The normalized spacial score (nSPS) is 22.9. The van der Waals surface area contributed by atoms with Crippen LogP contribution in [0.15, 0.2) is 5.18 Å². The van der Waals surface area contributed by atoms with Crippen molar-refractivity contribution in [3.63, 3.8) is 0 Å². The molecule has 0 radical (unpaired) electrons. The van der Waals surface area contributed by atoms with Gasteiger partial charge in [-0.15, -0.1) is 0 Å². The lowest BCUT2D eigenvalue weighted by molar-refractivity contribution is -0.168. The average molecular weight is 303 g/mol. The van der Waals surface area contributed by atoms with Crippen molar-refractivity contribution < 1.29 is 14.3 Å². The molecule has 0 spiro atoms. The Balaban J connectivity index is 2.82. The molecular weight excluding hydrogens is 282 g/mol. The lowest BCUT2D eigenvalue weighted by atomic mass is 9.81. The van der Waals surface area contributed by atoms with Gasteiger partial charge in [0.25, 0.3) is 0 Å². The van der Waals surface area contributed by atoms with E-state index in [2.05, 4.69) is 23.1 Å². The van der Waals surface area contributed by atoms with Crippen LogP contribution in [0.3, 0.4) is 0 Å². The number of nitrogens with two attached hydrogens (primary N) is 1. The van der Waals surface area contributed by atoms with Crippen LogP contribution in [0.2, 0.25) is 0 Å². The van der Waals surface area contributed by atoms with Gasteiger partial charge in [0.05, 0.1) is 0 Å². The predicted octanol–water partition coefficient (Wildman–Crippen LogP) is 0.228. The first kappa shape index (κ1) is 17.1. The molecular formula is C12H21N3O4S. The molecule has 3 atom stereocenters. The van der Waals surface area contributed by atoms with Crippen molar-refractivity contribution >= 4 is 24.6 Å². The molecule has 0 aromatic rings. The third-order valence-corrected chi connectivity index (χ3v) is 4.31. The van der Waals surface area contributed by atoms with Crippen LogP contribution in [0, 0.1) is 10.3 Å². The minimum atomic E-state index is -1.35. The molecule has 0 amide bonds. The number of ether oxygens (including phenoxy) is 1. The molecule has 2 unspecified atom stereocenters. The summed E-state index contributed by atoms with van der Waals surface area (Å²) in [5.74, 6) is -1.45. The maximum absolute atomic E-state index is 12.3. The van der Waals surface area contributed by atoms with E-state index in [1.807, 2.05) is 0 Å². The zero-order valence-corrected chi connectivity index (χ0v) is 12.4. The van der Waals surface area contributed by atoms with E-state index >= 15 is 0 Å². The standard InChI is InChI=1S/C12H21N3O4S/c1-2-9(15-18)12(6-13,7-20)11(17)19-10(16)8-4-3-5-14-8/h8-9,14,20H,2-7,13H2,1H3/t8-,9?,12?/m0/s1. The van der Waals surface area contributed by atoms with Crippen LogP contribution in [-0.4, -0.2) is 42.9 Å². The highest BCUT2D eigenvalue weighted by molar-refractivity contribution is 7.80. The first-order chi connectivity index (χ1) is 9.55. The van der Waals surface area contributed by atoms with Gasteiger partial charge in [-0.3, -0.25) is 4.79 Å². The second-order valence-electron chi connectivity index (χ2n) is 4.91.